The van der Waals surface area contributed by atoms with Crippen LogP contribution in [0.15, 0.2) is 54.2 Å². The van der Waals surface area contributed by atoms with Gasteiger partial charge in [0.15, 0.2) is 5.78 Å². The molecule has 1 aromatic rings. The lowest BCUT2D eigenvalue weighted by atomic mass is 9.83. The van der Waals surface area contributed by atoms with E-state index in [9.17, 15) is 4.79 Å². The monoisotopic (exact) mass is 239 g/mol. The molecule has 0 aliphatic carbocycles. The van der Waals surface area contributed by atoms with Crippen molar-refractivity contribution in [2.45, 2.75) is 26.8 Å². The molecular formula is C16H17NO. The lowest BCUT2D eigenvalue weighted by molar-refractivity contribution is -0.130. The average Bonchev–Trinajstić information content (AvgIpc) is 2.83. The molecular weight excluding hydrogens is 222 g/mol. The largest absolute Gasteiger partial charge is 0.325 e. The topological polar surface area (TPSA) is 20.3 Å². The zero-order valence-electron chi connectivity index (χ0n) is 11.0. The van der Waals surface area contributed by atoms with Gasteiger partial charge >= 0.3 is 0 Å². The van der Waals surface area contributed by atoms with Gasteiger partial charge in [0.1, 0.15) is 6.04 Å². The van der Waals surface area contributed by atoms with Crippen molar-refractivity contribution in [1.29, 1.82) is 0 Å². The second-order valence-electron chi connectivity index (χ2n) is 5.42. The number of carbonyl (C=O) groups excluding carboxylic acids is 1. The van der Waals surface area contributed by atoms with Crippen LogP contribution < -0.4 is 0 Å². The van der Waals surface area contributed by atoms with Gasteiger partial charge < -0.3 is 4.90 Å². The maximum absolute atomic E-state index is 12.6. The summed E-state index contributed by atoms with van der Waals surface area (Å²) in [6.45, 7) is 5.84. The molecule has 1 heterocycles. The Kier molecular flexibility index (Phi) is 3.25. The van der Waals surface area contributed by atoms with E-state index >= 15 is 0 Å². The summed E-state index contributed by atoms with van der Waals surface area (Å²) in [6, 6.07) is 9.52. The first-order valence-electron chi connectivity index (χ1n) is 6.04. The van der Waals surface area contributed by atoms with Crippen LogP contribution in [0.25, 0.3) is 0 Å². The van der Waals surface area contributed by atoms with Gasteiger partial charge in [0.25, 0.3) is 0 Å². The smallest absolute Gasteiger partial charge is 0.165 e. The second kappa shape index (κ2) is 4.70. The van der Waals surface area contributed by atoms with E-state index in [4.69, 9.17) is 0 Å². The Morgan fingerprint density at radius 3 is 2.17 bits per heavy atom. The van der Waals surface area contributed by atoms with E-state index in [-0.39, 0.29) is 17.2 Å². The third-order valence-corrected chi connectivity index (χ3v) is 2.91. The summed E-state index contributed by atoms with van der Waals surface area (Å²) >= 11 is 0. The van der Waals surface area contributed by atoms with Gasteiger partial charge in [0.2, 0.25) is 0 Å². The molecule has 1 unspecified atom stereocenters. The van der Waals surface area contributed by atoms with Crippen LogP contribution >= 0.6 is 0 Å². The van der Waals surface area contributed by atoms with Crippen molar-refractivity contribution in [3.8, 4) is 0 Å². The van der Waals surface area contributed by atoms with Crippen LogP contribution in [0.2, 0.25) is 0 Å². The minimum Gasteiger partial charge on any atom is -0.325 e. The minimum absolute atomic E-state index is 0.187. The number of Topliss-reactive ketones (excluding diaryl/α,β-unsaturated/α-hetero) is 1. The number of carbonyl (C=O) groups is 1. The molecule has 1 aromatic carbocycles. The van der Waals surface area contributed by atoms with Crippen molar-refractivity contribution in [3.63, 3.8) is 0 Å². The van der Waals surface area contributed by atoms with Crippen LogP contribution in [-0.4, -0.2) is 10.7 Å². The highest BCUT2D eigenvalue weighted by molar-refractivity contribution is 5.90. The van der Waals surface area contributed by atoms with Crippen molar-refractivity contribution in [2.75, 3.05) is 0 Å². The molecule has 18 heavy (non-hydrogen) atoms. The number of ketones is 1. The minimum atomic E-state index is -0.384. The summed E-state index contributed by atoms with van der Waals surface area (Å²) in [5.41, 5.74) is 6.36. The van der Waals surface area contributed by atoms with E-state index < -0.39 is 0 Å². The average molecular weight is 239 g/mol. The molecule has 2 rings (SSSR count). The maximum Gasteiger partial charge on any atom is 0.165 e. The fraction of sp³-hybridized carbons (Fsp3) is 0.312. The number of rotatable bonds is 3. The van der Waals surface area contributed by atoms with E-state index in [1.54, 1.807) is 12.4 Å². The molecule has 2 nitrogen and oxygen atoms in total. The van der Waals surface area contributed by atoms with Gasteiger partial charge in [-0.3, -0.25) is 4.79 Å². The van der Waals surface area contributed by atoms with Gasteiger partial charge in [-0.05, 0) is 5.56 Å². The van der Waals surface area contributed by atoms with Crippen molar-refractivity contribution in [1.82, 2.24) is 4.90 Å². The lowest BCUT2D eigenvalue weighted by Crippen LogP contribution is -2.34. The fourth-order valence-electron chi connectivity index (χ4n) is 1.91. The number of nitrogens with zero attached hydrogens (tertiary/aromatic N) is 1. The normalized spacial score (nSPS) is 15.2. The molecule has 0 saturated heterocycles. The molecule has 0 bridgehead atoms. The second-order valence-corrected chi connectivity index (χ2v) is 5.42. The van der Waals surface area contributed by atoms with Crippen LogP contribution in [0, 0.1) is 5.41 Å². The molecule has 0 amide bonds. The van der Waals surface area contributed by atoms with Crippen LogP contribution in [0.4, 0.5) is 0 Å². The Morgan fingerprint density at radius 2 is 1.67 bits per heavy atom. The molecule has 0 N–H and O–H groups in total. The SMILES string of the molecule is CC(C)(C)C(=O)C(c1ccccc1)N1C=C=C=C1. The Morgan fingerprint density at radius 1 is 1.11 bits per heavy atom. The van der Waals surface area contributed by atoms with Crippen molar-refractivity contribution < 1.29 is 4.79 Å². The molecule has 0 saturated carbocycles. The van der Waals surface area contributed by atoms with E-state index in [0.29, 0.717) is 0 Å². The highest BCUT2D eigenvalue weighted by Crippen LogP contribution is 2.31. The first-order valence-corrected chi connectivity index (χ1v) is 6.04. The van der Waals surface area contributed by atoms with Gasteiger partial charge in [-0.1, -0.05) is 62.6 Å². The maximum atomic E-state index is 12.6. The van der Waals surface area contributed by atoms with Gasteiger partial charge in [-0.25, -0.2) is 0 Å². The number of hydrogen-bond donors (Lipinski definition) is 0. The molecule has 0 fully saturated rings. The highest BCUT2D eigenvalue weighted by atomic mass is 16.1. The summed E-state index contributed by atoms with van der Waals surface area (Å²) in [4.78, 5) is 14.5. The Bertz CT molecular complexity index is 522. The summed E-state index contributed by atoms with van der Waals surface area (Å²) in [7, 11) is 0. The quantitative estimate of drug-likeness (QED) is 0.753. The van der Waals surface area contributed by atoms with E-state index in [1.807, 2.05) is 56.0 Å². The summed E-state index contributed by atoms with van der Waals surface area (Å²) in [6.07, 6.45) is 3.53. The molecule has 1 atom stereocenters. The molecule has 0 spiro atoms. The van der Waals surface area contributed by atoms with Gasteiger partial charge in [0.05, 0.1) is 12.4 Å². The number of benzene rings is 1. The Labute approximate surface area is 108 Å². The first-order chi connectivity index (χ1) is 8.50. The van der Waals surface area contributed by atoms with Crippen molar-refractivity contribution in [3.05, 3.63) is 59.8 Å². The predicted octanol–water partition coefficient (Wildman–Crippen LogP) is 3.44. The van der Waals surface area contributed by atoms with Crippen LogP contribution in [-0.2, 0) is 4.79 Å². The zero-order valence-corrected chi connectivity index (χ0v) is 11.0. The van der Waals surface area contributed by atoms with E-state index in [0.717, 1.165) is 5.56 Å². The third-order valence-electron chi connectivity index (χ3n) is 2.91. The zero-order chi connectivity index (χ0) is 13.2. The number of hydrogen-bond acceptors (Lipinski definition) is 2. The highest BCUT2D eigenvalue weighted by Gasteiger charge is 2.33. The predicted molar refractivity (Wildman–Crippen MR) is 71.7 cm³/mol. The molecule has 0 aromatic heterocycles. The molecule has 1 aliphatic heterocycles. The molecule has 0 radical (unpaired) electrons. The Hall–Kier alpha value is -2.01. The van der Waals surface area contributed by atoms with Crippen LogP contribution in [0.3, 0.4) is 0 Å². The summed E-state index contributed by atoms with van der Waals surface area (Å²) in [5, 5.41) is 0. The van der Waals surface area contributed by atoms with Gasteiger partial charge in [-0.2, -0.15) is 0 Å². The Balaban J connectivity index is 2.39. The fourth-order valence-corrected chi connectivity index (χ4v) is 1.91. The van der Waals surface area contributed by atoms with Crippen LogP contribution in [0.5, 0.6) is 0 Å². The van der Waals surface area contributed by atoms with E-state index in [2.05, 4.69) is 11.5 Å². The molecule has 92 valence electrons. The van der Waals surface area contributed by atoms with Gasteiger partial charge in [0, 0.05) is 5.41 Å². The first kappa shape index (κ1) is 12.4. The van der Waals surface area contributed by atoms with Crippen molar-refractivity contribution >= 4 is 5.78 Å². The van der Waals surface area contributed by atoms with Gasteiger partial charge in [-0.15, -0.1) is 0 Å². The summed E-state index contributed by atoms with van der Waals surface area (Å²) in [5.74, 6) is 0.187. The molecule has 2 heteroatoms. The van der Waals surface area contributed by atoms with E-state index in [1.165, 1.54) is 0 Å². The summed E-state index contributed by atoms with van der Waals surface area (Å²) < 4.78 is 0. The van der Waals surface area contributed by atoms with Crippen molar-refractivity contribution in [2.24, 2.45) is 5.41 Å². The molecule has 1 aliphatic rings. The van der Waals surface area contributed by atoms with Crippen LogP contribution in [0.1, 0.15) is 32.4 Å². The lowest BCUT2D eigenvalue weighted by Gasteiger charge is -2.30. The third kappa shape index (κ3) is 2.46. The standard InChI is InChI=1S/C16H17NO/c1-16(2,3)15(18)14(17-11-7-8-12-17)13-9-5-4-6-10-13/h4-6,9-12,14H,1-3H3.